The van der Waals surface area contributed by atoms with Crippen molar-refractivity contribution < 1.29 is 13.5 Å². The third-order valence-corrected chi connectivity index (χ3v) is 4.86. The van der Waals surface area contributed by atoms with Gasteiger partial charge in [-0.2, -0.15) is 0 Å². The van der Waals surface area contributed by atoms with Gasteiger partial charge < -0.3 is 15.3 Å². The fourth-order valence-corrected chi connectivity index (χ4v) is 3.20. The Morgan fingerprint density at radius 3 is 2.43 bits per heavy atom. The highest BCUT2D eigenvalue weighted by molar-refractivity contribution is 7.90. The number of rotatable bonds is 7. The molecule has 21 heavy (non-hydrogen) atoms. The number of β-amino-alcohol motifs (C(OH)–C–C–N with tert-alkyl or cyclic N) is 1. The van der Waals surface area contributed by atoms with Gasteiger partial charge in [0.25, 0.3) is 0 Å². The monoisotopic (exact) mass is 312 g/mol. The van der Waals surface area contributed by atoms with Crippen molar-refractivity contribution in [1.29, 1.82) is 0 Å². The normalized spacial score (nSPS) is 18.0. The lowest BCUT2D eigenvalue weighted by molar-refractivity contribution is 0.123. The number of nitrogens with one attached hydrogen (secondary N) is 1. The molecule has 0 aliphatic carbocycles. The average molecular weight is 312 g/mol. The van der Waals surface area contributed by atoms with Gasteiger partial charge in [0.15, 0.2) is 9.84 Å². The summed E-state index contributed by atoms with van der Waals surface area (Å²) in [7, 11) is -3.13. The molecule has 1 atom stereocenters. The summed E-state index contributed by atoms with van der Waals surface area (Å²) in [5.74, 6) is 0. The van der Waals surface area contributed by atoms with Gasteiger partial charge in [-0.05, 0) is 43.6 Å². The first-order valence-corrected chi connectivity index (χ1v) is 9.24. The van der Waals surface area contributed by atoms with Gasteiger partial charge >= 0.3 is 0 Å². The minimum Gasteiger partial charge on any atom is -0.390 e. The molecule has 5 nitrogen and oxygen atoms in total. The Bertz CT molecular complexity index is 537. The van der Waals surface area contributed by atoms with Crippen molar-refractivity contribution in [3.63, 3.8) is 0 Å². The smallest absolute Gasteiger partial charge is 0.175 e. The molecule has 1 saturated heterocycles. The first kappa shape index (κ1) is 16.4. The summed E-state index contributed by atoms with van der Waals surface area (Å²) in [6.45, 7) is 4.07. The fourth-order valence-electron chi connectivity index (χ4n) is 2.57. The second-order valence-electron chi connectivity index (χ2n) is 5.71. The number of hydrogen-bond donors (Lipinski definition) is 2. The third kappa shape index (κ3) is 5.39. The molecule has 118 valence electrons. The SMILES string of the molecule is CS(=O)(=O)c1ccc(CNCC(O)CN2CCCC2)cc1. The molecule has 0 radical (unpaired) electrons. The summed E-state index contributed by atoms with van der Waals surface area (Å²) >= 11 is 0. The van der Waals surface area contributed by atoms with Crippen LogP contribution in [-0.2, 0) is 16.4 Å². The maximum atomic E-state index is 11.4. The summed E-state index contributed by atoms with van der Waals surface area (Å²) < 4.78 is 22.7. The van der Waals surface area contributed by atoms with Gasteiger partial charge in [0, 0.05) is 25.9 Å². The maximum absolute atomic E-state index is 11.4. The summed E-state index contributed by atoms with van der Waals surface area (Å²) in [4.78, 5) is 2.62. The number of aliphatic hydroxyl groups is 1. The van der Waals surface area contributed by atoms with Crippen LogP contribution in [0.2, 0.25) is 0 Å². The average Bonchev–Trinajstić information content (AvgIpc) is 2.91. The van der Waals surface area contributed by atoms with Crippen molar-refractivity contribution in [2.75, 3.05) is 32.4 Å². The molecule has 1 fully saturated rings. The van der Waals surface area contributed by atoms with Crippen LogP contribution in [0.15, 0.2) is 29.2 Å². The molecule has 0 spiro atoms. The number of hydrogen-bond acceptors (Lipinski definition) is 5. The molecule has 1 aromatic rings. The van der Waals surface area contributed by atoms with Crippen molar-refractivity contribution in [2.45, 2.75) is 30.4 Å². The van der Waals surface area contributed by atoms with E-state index in [1.165, 1.54) is 19.1 Å². The van der Waals surface area contributed by atoms with E-state index in [0.29, 0.717) is 18.0 Å². The van der Waals surface area contributed by atoms with Crippen LogP contribution in [0.4, 0.5) is 0 Å². The number of aliphatic hydroxyl groups excluding tert-OH is 1. The van der Waals surface area contributed by atoms with Gasteiger partial charge in [-0.1, -0.05) is 12.1 Å². The molecule has 0 bridgehead atoms. The zero-order valence-corrected chi connectivity index (χ0v) is 13.3. The van der Waals surface area contributed by atoms with Gasteiger partial charge in [-0.15, -0.1) is 0 Å². The first-order valence-electron chi connectivity index (χ1n) is 7.35. The predicted octanol–water partition coefficient (Wildman–Crippen LogP) is 0.636. The molecule has 0 amide bonds. The quantitative estimate of drug-likeness (QED) is 0.773. The Morgan fingerprint density at radius 2 is 1.86 bits per heavy atom. The van der Waals surface area contributed by atoms with Crippen molar-refractivity contribution >= 4 is 9.84 Å². The van der Waals surface area contributed by atoms with E-state index in [1.807, 2.05) is 0 Å². The van der Waals surface area contributed by atoms with Crippen LogP contribution in [0.25, 0.3) is 0 Å². The zero-order chi connectivity index (χ0) is 15.3. The highest BCUT2D eigenvalue weighted by Crippen LogP contribution is 2.10. The van der Waals surface area contributed by atoms with Crippen LogP contribution in [0, 0.1) is 0 Å². The largest absolute Gasteiger partial charge is 0.390 e. The van der Waals surface area contributed by atoms with Crippen molar-refractivity contribution in [3.05, 3.63) is 29.8 Å². The van der Waals surface area contributed by atoms with Crippen LogP contribution in [0.5, 0.6) is 0 Å². The Balaban J connectivity index is 1.72. The second kappa shape index (κ2) is 7.35. The molecule has 0 saturated carbocycles. The van der Waals surface area contributed by atoms with Crippen molar-refractivity contribution in [3.8, 4) is 0 Å². The molecule has 0 aromatic heterocycles. The maximum Gasteiger partial charge on any atom is 0.175 e. The Labute approximate surface area is 126 Å². The lowest BCUT2D eigenvalue weighted by Crippen LogP contribution is -2.36. The van der Waals surface area contributed by atoms with Crippen LogP contribution in [-0.4, -0.2) is 57.0 Å². The topological polar surface area (TPSA) is 69.6 Å². The number of benzene rings is 1. The minimum atomic E-state index is -3.13. The molecule has 6 heteroatoms. The Kier molecular flexibility index (Phi) is 5.75. The molecule has 1 heterocycles. The second-order valence-corrected chi connectivity index (χ2v) is 7.72. The fraction of sp³-hybridized carbons (Fsp3) is 0.600. The van der Waals surface area contributed by atoms with E-state index in [9.17, 15) is 13.5 Å². The Morgan fingerprint density at radius 1 is 1.24 bits per heavy atom. The minimum absolute atomic E-state index is 0.334. The zero-order valence-electron chi connectivity index (χ0n) is 12.5. The molecular weight excluding hydrogens is 288 g/mol. The molecule has 2 N–H and O–H groups in total. The van der Waals surface area contributed by atoms with Crippen molar-refractivity contribution in [1.82, 2.24) is 10.2 Å². The summed E-state index contributed by atoms with van der Waals surface area (Å²) in [5, 5.41) is 13.2. The highest BCUT2D eigenvalue weighted by Gasteiger charge is 2.15. The molecular formula is C15H24N2O3S. The molecule has 1 aromatic carbocycles. The lowest BCUT2D eigenvalue weighted by Gasteiger charge is -2.19. The Hall–Kier alpha value is -0.950. The molecule has 1 aliphatic rings. The van der Waals surface area contributed by atoms with E-state index in [2.05, 4.69) is 10.2 Å². The summed E-state index contributed by atoms with van der Waals surface area (Å²) in [5.41, 5.74) is 1.01. The summed E-state index contributed by atoms with van der Waals surface area (Å²) in [6.07, 6.45) is 3.30. The van der Waals surface area contributed by atoms with E-state index in [1.54, 1.807) is 24.3 Å². The van der Waals surface area contributed by atoms with Gasteiger partial charge in [0.1, 0.15) is 0 Å². The van der Waals surface area contributed by atoms with Gasteiger partial charge in [-0.25, -0.2) is 8.42 Å². The lowest BCUT2D eigenvalue weighted by atomic mass is 10.2. The van der Waals surface area contributed by atoms with Crippen LogP contribution < -0.4 is 5.32 Å². The molecule has 2 rings (SSSR count). The van der Waals surface area contributed by atoms with E-state index in [0.717, 1.165) is 25.2 Å². The number of likely N-dealkylation sites (tertiary alicyclic amines) is 1. The van der Waals surface area contributed by atoms with Gasteiger partial charge in [0.05, 0.1) is 11.0 Å². The van der Waals surface area contributed by atoms with Crippen molar-refractivity contribution in [2.24, 2.45) is 0 Å². The molecule has 1 unspecified atom stereocenters. The van der Waals surface area contributed by atoms with Gasteiger partial charge in [0.2, 0.25) is 0 Å². The first-order chi connectivity index (χ1) is 9.95. The van der Waals surface area contributed by atoms with Crippen LogP contribution in [0.3, 0.4) is 0 Å². The summed E-state index contributed by atoms with van der Waals surface area (Å²) in [6, 6.07) is 6.84. The van der Waals surface area contributed by atoms with E-state index >= 15 is 0 Å². The van der Waals surface area contributed by atoms with E-state index < -0.39 is 9.84 Å². The van der Waals surface area contributed by atoms with Crippen LogP contribution >= 0.6 is 0 Å². The third-order valence-electron chi connectivity index (χ3n) is 3.73. The van der Waals surface area contributed by atoms with Crippen LogP contribution in [0.1, 0.15) is 18.4 Å². The van der Waals surface area contributed by atoms with Gasteiger partial charge in [-0.3, -0.25) is 0 Å². The van der Waals surface area contributed by atoms with E-state index in [4.69, 9.17) is 0 Å². The highest BCUT2D eigenvalue weighted by atomic mass is 32.2. The number of sulfone groups is 1. The number of nitrogens with zero attached hydrogens (tertiary/aromatic N) is 1. The molecule has 1 aliphatic heterocycles. The predicted molar refractivity (Wildman–Crippen MR) is 82.9 cm³/mol. The van der Waals surface area contributed by atoms with E-state index in [-0.39, 0.29) is 6.10 Å². The standard InChI is InChI=1S/C15H24N2O3S/c1-21(19,20)15-6-4-13(5-7-15)10-16-11-14(18)12-17-8-2-3-9-17/h4-7,14,16,18H,2-3,8-12H2,1H3.